The van der Waals surface area contributed by atoms with Crippen molar-refractivity contribution in [3.8, 4) is 11.5 Å². The largest absolute Gasteiger partial charge is 0.507 e. The van der Waals surface area contributed by atoms with E-state index in [2.05, 4.69) is 4.90 Å². The zero-order chi connectivity index (χ0) is 21.8. The predicted molar refractivity (Wildman–Crippen MR) is 123 cm³/mol. The Morgan fingerprint density at radius 3 is 2.19 bits per heavy atom. The highest BCUT2D eigenvalue weighted by Gasteiger charge is 2.34. The zero-order valence-electron chi connectivity index (χ0n) is 17.4. The van der Waals surface area contributed by atoms with Gasteiger partial charge >= 0.3 is 0 Å². The smallest absolute Gasteiger partial charge is 0.201 e. The van der Waals surface area contributed by atoms with Gasteiger partial charge < -0.3 is 14.9 Å². The third-order valence-electron chi connectivity index (χ3n) is 5.34. The Morgan fingerprint density at radius 1 is 0.781 bits per heavy atom. The SMILES string of the molecule is Cl.O=C1c2cccc(O)c2C(=O)c2c(OCCN(CCO)Cc3ccccc3)cccc21. The van der Waals surface area contributed by atoms with Crippen LogP contribution in [0.15, 0.2) is 66.7 Å². The molecule has 7 heteroatoms. The summed E-state index contributed by atoms with van der Waals surface area (Å²) in [4.78, 5) is 28.0. The highest BCUT2D eigenvalue weighted by atomic mass is 35.5. The highest BCUT2D eigenvalue weighted by molar-refractivity contribution is 6.30. The molecule has 6 nitrogen and oxygen atoms in total. The molecule has 1 aliphatic carbocycles. The number of carbonyl (C=O) groups excluding carboxylic acids is 2. The van der Waals surface area contributed by atoms with E-state index in [1.165, 1.54) is 6.07 Å². The molecule has 0 unspecified atom stereocenters. The lowest BCUT2D eigenvalue weighted by atomic mass is 9.83. The summed E-state index contributed by atoms with van der Waals surface area (Å²) >= 11 is 0. The number of carbonyl (C=O) groups is 2. The minimum Gasteiger partial charge on any atom is -0.507 e. The maximum atomic E-state index is 13.1. The Kier molecular flexibility index (Phi) is 7.64. The van der Waals surface area contributed by atoms with E-state index in [0.29, 0.717) is 25.4 Å². The molecule has 0 aliphatic heterocycles. The van der Waals surface area contributed by atoms with Gasteiger partial charge in [-0.3, -0.25) is 14.5 Å². The topological polar surface area (TPSA) is 87.1 Å². The maximum Gasteiger partial charge on any atom is 0.201 e. The molecule has 0 heterocycles. The highest BCUT2D eigenvalue weighted by Crippen LogP contribution is 2.36. The molecule has 0 fully saturated rings. The number of nitrogens with zero attached hydrogens (tertiary/aromatic N) is 1. The standard InChI is InChI=1S/C25H23NO5.ClH/c27-14-12-26(16-17-6-2-1-3-7-17)13-15-31-21-11-5-9-19-23(21)25(30)22-18(24(19)29)8-4-10-20(22)28;/h1-11,27-28H,12-16H2;1H. The lowest BCUT2D eigenvalue weighted by Crippen LogP contribution is -2.31. The average Bonchev–Trinajstić information content (AvgIpc) is 2.78. The summed E-state index contributed by atoms with van der Waals surface area (Å²) in [6.45, 7) is 1.98. The third-order valence-corrected chi connectivity index (χ3v) is 5.34. The van der Waals surface area contributed by atoms with Gasteiger partial charge in [0.2, 0.25) is 5.78 Å². The van der Waals surface area contributed by atoms with E-state index in [9.17, 15) is 19.8 Å². The Morgan fingerprint density at radius 2 is 1.47 bits per heavy atom. The Labute approximate surface area is 192 Å². The molecule has 3 aromatic rings. The Bertz CT molecular complexity index is 1120. The summed E-state index contributed by atoms with van der Waals surface area (Å²) in [5.74, 6) is -0.631. The molecule has 166 valence electrons. The first-order valence-electron chi connectivity index (χ1n) is 10.1. The van der Waals surface area contributed by atoms with Crippen molar-refractivity contribution in [2.75, 3.05) is 26.3 Å². The number of ketones is 2. The van der Waals surface area contributed by atoms with Crippen LogP contribution in [0.1, 0.15) is 37.4 Å². The molecule has 0 aromatic heterocycles. The van der Waals surface area contributed by atoms with Gasteiger partial charge in [-0.1, -0.05) is 54.6 Å². The van der Waals surface area contributed by atoms with Crippen LogP contribution in [0.25, 0.3) is 0 Å². The first-order valence-corrected chi connectivity index (χ1v) is 10.1. The van der Waals surface area contributed by atoms with Gasteiger partial charge in [0, 0.05) is 30.8 Å². The summed E-state index contributed by atoms with van der Waals surface area (Å²) in [6.07, 6.45) is 0. The molecular formula is C25H24ClNO5. The van der Waals surface area contributed by atoms with Gasteiger partial charge in [-0.05, 0) is 17.7 Å². The molecule has 0 radical (unpaired) electrons. The fraction of sp³-hybridized carbons (Fsp3) is 0.200. The average molecular weight is 454 g/mol. The zero-order valence-corrected chi connectivity index (χ0v) is 18.2. The quantitative estimate of drug-likeness (QED) is 0.425. The van der Waals surface area contributed by atoms with Crippen molar-refractivity contribution in [3.05, 3.63) is 94.5 Å². The number of halogens is 1. The van der Waals surface area contributed by atoms with Crippen LogP contribution in [0, 0.1) is 0 Å². The molecule has 1 aliphatic rings. The van der Waals surface area contributed by atoms with Crippen LogP contribution >= 0.6 is 12.4 Å². The van der Waals surface area contributed by atoms with E-state index in [-0.39, 0.29) is 59.4 Å². The van der Waals surface area contributed by atoms with Gasteiger partial charge in [0.15, 0.2) is 5.78 Å². The van der Waals surface area contributed by atoms with E-state index in [1.807, 2.05) is 30.3 Å². The summed E-state index contributed by atoms with van der Waals surface area (Å²) in [7, 11) is 0. The van der Waals surface area contributed by atoms with Gasteiger partial charge in [0.25, 0.3) is 0 Å². The van der Waals surface area contributed by atoms with Crippen LogP contribution in [0.2, 0.25) is 0 Å². The van der Waals surface area contributed by atoms with Crippen LogP contribution < -0.4 is 4.74 Å². The van der Waals surface area contributed by atoms with Gasteiger partial charge in [0.1, 0.15) is 18.1 Å². The number of rotatable bonds is 8. The number of ether oxygens (including phenoxy) is 1. The van der Waals surface area contributed by atoms with Gasteiger partial charge in [-0.15, -0.1) is 12.4 Å². The summed E-state index contributed by atoms with van der Waals surface area (Å²) in [5.41, 5.74) is 1.80. The van der Waals surface area contributed by atoms with Crippen molar-refractivity contribution in [2.24, 2.45) is 0 Å². The second-order valence-corrected chi connectivity index (χ2v) is 7.37. The lowest BCUT2D eigenvalue weighted by molar-refractivity contribution is 0.0972. The predicted octanol–water partition coefficient (Wildman–Crippen LogP) is 3.46. The van der Waals surface area contributed by atoms with Gasteiger partial charge in [-0.25, -0.2) is 0 Å². The fourth-order valence-electron chi connectivity index (χ4n) is 3.85. The number of phenolic OH excluding ortho intramolecular Hbond substituents is 1. The van der Waals surface area contributed by atoms with Crippen molar-refractivity contribution in [1.29, 1.82) is 0 Å². The van der Waals surface area contributed by atoms with Crippen LogP contribution in [0.3, 0.4) is 0 Å². The normalized spacial score (nSPS) is 12.2. The van der Waals surface area contributed by atoms with Crippen molar-refractivity contribution >= 4 is 24.0 Å². The first kappa shape index (κ1) is 23.5. The number of aliphatic hydroxyl groups is 1. The van der Waals surface area contributed by atoms with Gasteiger partial charge in [0.05, 0.1) is 17.7 Å². The summed E-state index contributed by atoms with van der Waals surface area (Å²) in [6, 6.07) is 19.4. The number of aromatic hydroxyl groups is 1. The Balaban J connectivity index is 0.00000289. The molecule has 0 saturated carbocycles. The van der Waals surface area contributed by atoms with Crippen LogP contribution in [-0.4, -0.2) is 53.0 Å². The maximum absolute atomic E-state index is 13.1. The van der Waals surface area contributed by atoms with Crippen LogP contribution in [0.5, 0.6) is 11.5 Å². The molecule has 0 bridgehead atoms. The van der Waals surface area contributed by atoms with Crippen molar-refractivity contribution in [2.45, 2.75) is 6.54 Å². The summed E-state index contributed by atoms with van der Waals surface area (Å²) < 4.78 is 5.91. The van der Waals surface area contributed by atoms with Gasteiger partial charge in [-0.2, -0.15) is 0 Å². The van der Waals surface area contributed by atoms with Crippen molar-refractivity contribution < 1.29 is 24.5 Å². The number of aliphatic hydroxyl groups excluding tert-OH is 1. The van der Waals surface area contributed by atoms with Crippen molar-refractivity contribution in [1.82, 2.24) is 4.90 Å². The fourth-order valence-corrected chi connectivity index (χ4v) is 3.85. The molecule has 0 amide bonds. The number of phenols is 1. The minimum atomic E-state index is -0.421. The lowest BCUT2D eigenvalue weighted by Gasteiger charge is -2.23. The molecule has 32 heavy (non-hydrogen) atoms. The molecule has 4 rings (SSSR count). The molecule has 0 spiro atoms. The monoisotopic (exact) mass is 453 g/mol. The Hall–Kier alpha value is -3.19. The number of fused-ring (bicyclic) bond motifs is 2. The third kappa shape index (κ3) is 4.67. The second kappa shape index (κ2) is 10.4. The number of hydrogen-bond acceptors (Lipinski definition) is 6. The molecule has 0 atom stereocenters. The van der Waals surface area contributed by atoms with Crippen LogP contribution in [-0.2, 0) is 6.54 Å². The second-order valence-electron chi connectivity index (χ2n) is 7.37. The van der Waals surface area contributed by atoms with E-state index < -0.39 is 5.78 Å². The molecular weight excluding hydrogens is 430 g/mol. The van der Waals surface area contributed by atoms with Crippen LogP contribution in [0.4, 0.5) is 0 Å². The van der Waals surface area contributed by atoms with E-state index in [4.69, 9.17) is 4.74 Å². The number of benzene rings is 3. The van der Waals surface area contributed by atoms with E-state index >= 15 is 0 Å². The van der Waals surface area contributed by atoms with E-state index in [0.717, 1.165) is 5.56 Å². The molecule has 2 N–H and O–H groups in total. The first-order chi connectivity index (χ1) is 15.1. The minimum absolute atomic E-state index is 0. The molecule has 3 aromatic carbocycles. The van der Waals surface area contributed by atoms with Crippen molar-refractivity contribution in [3.63, 3.8) is 0 Å². The van der Waals surface area contributed by atoms with E-state index in [1.54, 1.807) is 30.3 Å². The summed E-state index contributed by atoms with van der Waals surface area (Å²) in [5, 5.41) is 19.5. The molecule has 0 saturated heterocycles. The number of hydrogen-bond donors (Lipinski definition) is 2.